The lowest BCUT2D eigenvalue weighted by molar-refractivity contribution is -0.253. The fourth-order valence-corrected chi connectivity index (χ4v) is 1.22. The molecular formula is C11H16N2O6. The molecule has 0 aromatic heterocycles. The lowest BCUT2D eigenvalue weighted by Gasteiger charge is -2.26. The van der Waals surface area contributed by atoms with Crippen LogP contribution >= 0.6 is 0 Å². The summed E-state index contributed by atoms with van der Waals surface area (Å²) in [5, 5.41) is 17.2. The molecule has 0 saturated carbocycles. The molecule has 0 bridgehead atoms. The third kappa shape index (κ3) is 5.20. The zero-order valence-electron chi connectivity index (χ0n) is 10.3. The molecule has 1 unspecified atom stereocenters. The van der Waals surface area contributed by atoms with E-state index in [1.54, 1.807) is 24.3 Å². The summed E-state index contributed by atoms with van der Waals surface area (Å²) >= 11 is 0. The van der Waals surface area contributed by atoms with Gasteiger partial charge in [0.2, 0.25) is 6.41 Å². The van der Waals surface area contributed by atoms with Crippen LogP contribution in [0.1, 0.15) is 12.5 Å². The molecule has 0 radical (unpaired) electrons. The van der Waals surface area contributed by atoms with Crippen LogP contribution in [0, 0.1) is 0 Å². The Hall–Kier alpha value is -1.71. The number of carbonyl (C=O) groups is 1. The van der Waals surface area contributed by atoms with Crippen LogP contribution in [0.4, 0.5) is 0 Å². The fraction of sp³-hybridized carbons (Fsp3) is 0.364. The first-order chi connectivity index (χ1) is 9.13. The van der Waals surface area contributed by atoms with Gasteiger partial charge >= 0.3 is 0 Å². The molecule has 0 heterocycles. The second kappa shape index (κ2) is 7.67. The first-order valence-corrected chi connectivity index (χ1v) is 5.40. The number of benzene rings is 1. The molecule has 0 aliphatic heterocycles. The maximum atomic E-state index is 10.1. The predicted molar refractivity (Wildman–Crippen MR) is 63.0 cm³/mol. The van der Waals surface area contributed by atoms with E-state index in [-0.39, 0.29) is 13.2 Å². The fourth-order valence-electron chi connectivity index (χ4n) is 1.22. The first-order valence-electron chi connectivity index (χ1n) is 5.40. The highest BCUT2D eigenvalue weighted by Crippen LogP contribution is 2.15. The number of amides is 1. The van der Waals surface area contributed by atoms with Crippen LogP contribution in [0.25, 0.3) is 0 Å². The molecule has 4 N–H and O–H groups in total. The molecule has 0 spiro atoms. The Bertz CT molecular complexity index is 385. The van der Waals surface area contributed by atoms with Crippen molar-refractivity contribution in [2.45, 2.75) is 19.3 Å². The molecule has 1 amide bonds. The van der Waals surface area contributed by atoms with Crippen molar-refractivity contribution in [3.63, 3.8) is 0 Å². The normalized spacial score (nSPS) is 13.6. The van der Waals surface area contributed by atoms with Crippen LogP contribution in [0.5, 0.6) is 5.75 Å². The Morgan fingerprint density at radius 2 is 2.05 bits per heavy atom. The van der Waals surface area contributed by atoms with Gasteiger partial charge in [-0.1, -0.05) is 12.1 Å². The second-order valence-corrected chi connectivity index (χ2v) is 3.89. The van der Waals surface area contributed by atoms with Gasteiger partial charge in [0.25, 0.3) is 0 Å². The van der Waals surface area contributed by atoms with E-state index in [0.717, 1.165) is 5.56 Å². The highest BCUT2D eigenvalue weighted by Gasteiger charge is 2.26. The van der Waals surface area contributed by atoms with Gasteiger partial charge in [-0.25, -0.2) is 15.2 Å². The number of rotatable bonds is 9. The van der Waals surface area contributed by atoms with Gasteiger partial charge in [0.15, 0.2) is 5.72 Å². The number of nitrogens with one attached hydrogen (secondary N) is 2. The van der Waals surface area contributed by atoms with Crippen LogP contribution in [0.2, 0.25) is 0 Å². The Kier molecular flexibility index (Phi) is 6.19. The summed E-state index contributed by atoms with van der Waals surface area (Å²) in [5.41, 5.74) is 3.36. The number of hydrogen-bond donors (Lipinski definition) is 4. The number of hydroxylamine groups is 2. The summed E-state index contributed by atoms with van der Waals surface area (Å²) in [6.07, 6.45) is 0.333. The largest absolute Gasteiger partial charge is 0.489 e. The van der Waals surface area contributed by atoms with Gasteiger partial charge in [0.05, 0.1) is 0 Å². The first kappa shape index (κ1) is 15.3. The van der Waals surface area contributed by atoms with E-state index in [4.69, 9.17) is 20.0 Å². The Morgan fingerprint density at radius 1 is 1.37 bits per heavy atom. The highest BCUT2D eigenvalue weighted by molar-refractivity contribution is 5.43. The number of carbonyl (C=O) groups excluding carboxylic acids is 1. The SMILES string of the molecule is CC(COc1ccc(COO)cc1)(NO)ONC=O. The maximum Gasteiger partial charge on any atom is 0.230 e. The van der Waals surface area contributed by atoms with E-state index in [9.17, 15) is 4.79 Å². The molecule has 0 fully saturated rings. The van der Waals surface area contributed by atoms with Crippen molar-refractivity contribution in [2.75, 3.05) is 6.61 Å². The standard InChI is InChI=1S/C11H16N2O6/c1-11(13-15,19-12-8-14)7-17-10-4-2-9(3-5-10)6-18-16/h2-5,8,13,15-16H,6-7H2,1H3,(H,12,14). The van der Waals surface area contributed by atoms with Crippen LogP contribution in [0.15, 0.2) is 24.3 Å². The van der Waals surface area contributed by atoms with Crippen molar-refractivity contribution >= 4 is 6.41 Å². The Labute approximate surface area is 109 Å². The van der Waals surface area contributed by atoms with Gasteiger partial charge in [-0.15, -0.1) is 0 Å². The summed E-state index contributed by atoms with van der Waals surface area (Å²) in [5.74, 6) is 0.526. The minimum absolute atomic E-state index is 0.0554. The van der Waals surface area contributed by atoms with Crippen LogP contribution < -0.4 is 15.7 Å². The quantitative estimate of drug-likeness (QED) is 0.223. The van der Waals surface area contributed by atoms with Crippen molar-refractivity contribution < 1.29 is 29.7 Å². The lowest BCUT2D eigenvalue weighted by Crippen LogP contribution is -2.51. The molecule has 1 rings (SSSR count). The van der Waals surface area contributed by atoms with Gasteiger partial charge in [-0.05, 0) is 24.6 Å². The summed E-state index contributed by atoms with van der Waals surface area (Å²) in [6.45, 7) is 1.51. The van der Waals surface area contributed by atoms with Crippen molar-refractivity contribution in [1.82, 2.24) is 11.0 Å². The summed E-state index contributed by atoms with van der Waals surface area (Å²) in [4.78, 5) is 19.0. The molecule has 0 aliphatic rings. The van der Waals surface area contributed by atoms with Crippen molar-refractivity contribution in [3.05, 3.63) is 29.8 Å². The smallest absolute Gasteiger partial charge is 0.230 e. The molecule has 1 atom stereocenters. The van der Waals surface area contributed by atoms with Crippen LogP contribution in [-0.2, 0) is 21.1 Å². The molecule has 19 heavy (non-hydrogen) atoms. The minimum Gasteiger partial charge on any atom is -0.489 e. The average molecular weight is 272 g/mol. The van der Waals surface area contributed by atoms with Gasteiger partial charge in [-0.3, -0.25) is 10.1 Å². The third-order valence-corrected chi connectivity index (χ3v) is 2.24. The van der Waals surface area contributed by atoms with E-state index in [1.807, 2.05) is 11.0 Å². The van der Waals surface area contributed by atoms with Gasteiger partial charge in [0.1, 0.15) is 19.0 Å². The van der Waals surface area contributed by atoms with Gasteiger partial charge in [-0.2, -0.15) is 5.48 Å². The van der Waals surface area contributed by atoms with Crippen molar-refractivity contribution in [1.29, 1.82) is 0 Å². The average Bonchev–Trinajstić information content (AvgIpc) is 2.45. The topological polar surface area (TPSA) is 109 Å². The molecular weight excluding hydrogens is 256 g/mol. The molecule has 8 heteroatoms. The van der Waals surface area contributed by atoms with E-state index >= 15 is 0 Å². The van der Waals surface area contributed by atoms with E-state index in [0.29, 0.717) is 12.2 Å². The summed E-state index contributed by atoms with van der Waals surface area (Å²) in [6, 6.07) is 6.75. The van der Waals surface area contributed by atoms with Crippen LogP contribution in [-0.4, -0.2) is 29.2 Å². The monoisotopic (exact) mass is 272 g/mol. The zero-order chi connectivity index (χ0) is 14.1. The maximum absolute atomic E-state index is 10.1. The third-order valence-electron chi connectivity index (χ3n) is 2.24. The summed E-state index contributed by atoms with van der Waals surface area (Å²) < 4.78 is 5.39. The number of ether oxygens (including phenoxy) is 1. The molecule has 1 aromatic rings. The highest BCUT2D eigenvalue weighted by atomic mass is 17.1. The predicted octanol–water partition coefficient (Wildman–Crippen LogP) is 0.428. The van der Waals surface area contributed by atoms with Gasteiger partial charge in [0, 0.05) is 0 Å². The molecule has 8 nitrogen and oxygen atoms in total. The Balaban J connectivity index is 2.51. The molecule has 106 valence electrons. The van der Waals surface area contributed by atoms with E-state index < -0.39 is 5.72 Å². The zero-order valence-corrected chi connectivity index (χ0v) is 10.3. The lowest BCUT2D eigenvalue weighted by atomic mass is 10.2. The summed E-state index contributed by atoms with van der Waals surface area (Å²) in [7, 11) is 0. The molecule has 1 aromatic carbocycles. The van der Waals surface area contributed by atoms with E-state index in [2.05, 4.69) is 4.89 Å². The second-order valence-electron chi connectivity index (χ2n) is 3.89. The number of hydrogen-bond acceptors (Lipinski definition) is 7. The molecule has 0 aliphatic carbocycles. The van der Waals surface area contributed by atoms with Crippen LogP contribution in [0.3, 0.4) is 0 Å². The van der Waals surface area contributed by atoms with Crippen molar-refractivity contribution in [3.8, 4) is 5.75 Å². The van der Waals surface area contributed by atoms with Gasteiger partial charge < -0.3 is 9.94 Å². The molecule has 0 saturated heterocycles. The Morgan fingerprint density at radius 3 is 2.58 bits per heavy atom. The minimum atomic E-state index is -1.28. The van der Waals surface area contributed by atoms with E-state index in [1.165, 1.54) is 6.92 Å². The van der Waals surface area contributed by atoms with Crippen molar-refractivity contribution in [2.24, 2.45) is 0 Å².